The van der Waals surface area contributed by atoms with Crippen LogP contribution in [0.3, 0.4) is 0 Å². The number of anilines is 1. The Hall–Kier alpha value is -2.22. The number of hydrogen-bond donors (Lipinski definition) is 2. The molecule has 0 aliphatic rings. The molecule has 7 nitrogen and oxygen atoms in total. The summed E-state index contributed by atoms with van der Waals surface area (Å²) >= 11 is 0. The lowest BCUT2D eigenvalue weighted by Gasteiger charge is -2.11. The minimum Gasteiger partial charge on any atom is -0.478 e. The number of nitro benzene ring substituents is 1. The quantitative estimate of drug-likeness (QED) is 0.450. The number of rotatable bonds is 7. The maximum Gasteiger partial charge on any atom is 0.338 e. The highest BCUT2D eigenvalue weighted by atomic mass is 19.1. The molecule has 0 aliphatic heterocycles. The second kappa shape index (κ2) is 6.80. The molecule has 0 atom stereocenters. The molecule has 0 fully saturated rings. The molecule has 110 valence electrons. The number of nitro groups is 1. The van der Waals surface area contributed by atoms with Crippen LogP contribution >= 0.6 is 0 Å². The van der Waals surface area contributed by atoms with Crippen LogP contribution in [-0.4, -0.2) is 48.1 Å². The Kier molecular flexibility index (Phi) is 5.39. The number of halogens is 1. The number of benzene rings is 1. The van der Waals surface area contributed by atoms with E-state index in [4.69, 9.17) is 5.11 Å². The highest BCUT2D eigenvalue weighted by molar-refractivity contribution is 5.90. The molecule has 1 rings (SSSR count). The van der Waals surface area contributed by atoms with Crippen molar-refractivity contribution in [2.45, 2.75) is 6.42 Å². The van der Waals surface area contributed by atoms with Crippen LogP contribution in [0.25, 0.3) is 0 Å². The molecule has 0 saturated carbocycles. The van der Waals surface area contributed by atoms with E-state index >= 15 is 0 Å². The van der Waals surface area contributed by atoms with E-state index in [-0.39, 0.29) is 5.69 Å². The Morgan fingerprint density at radius 3 is 2.65 bits per heavy atom. The standard InChI is InChI=1S/C12H16FN3O4/c1-15(2)5-3-4-14-10-7-9(13)8(12(17)18)6-11(10)16(19)20/h6-7,14H,3-5H2,1-2H3,(H,17,18). The molecule has 0 aromatic heterocycles. The average Bonchev–Trinajstić information content (AvgIpc) is 2.33. The number of carboxylic acids is 1. The van der Waals surface area contributed by atoms with Crippen LogP contribution in [0.2, 0.25) is 0 Å². The summed E-state index contributed by atoms with van der Waals surface area (Å²) in [6.45, 7) is 1.20. The largest absolute Gasteiger partial charge is 0.478 e. The monoisotopic (exact) mass is 285 g/mol. The molecule has 20 heavy (non-hydrogen) atoms. The van der Waals surface area contributed by atoms with Crippen molar-refractivity contribution in [3.8, 4) is 0 Å². The van der Waals surface area contributed by atoms with Gasteiger partial charge in [-0.25, -0.2) is 9.18 Å². The van der Waals surface area contributed by atoms with Gasteiger partial charge in [0.25, 0.3) is 5.69 Å². The normalized spacial score (nSPS) is 10.6. The third-order valence-electron chi connectivity index (χ3n) is 2.61. The highest BCUT2D eigenvalue weighted by Gasteiger charge is 2.21. The number of carboxylic acid groups (broad SMARTS) is 1. The molecule has 2 N–H and O–H groups in total. The van der Waals surface area contributed by atoms with Crippen LogP contribution in [0, 0.1) is 15.9 Å². The first-order valence-electron chi connectivity index (χ1n) is 5.92. The Balaban J connectivity index is 2.92. The van der Waals surface area contributed by atoms with Gasteiger partial charge in [0.05, 0.1) is 4.92 Å². The van der Waals surface area contributed by atoms with Gasteiger partial charge in [0.15, 0.2) is 0 Å². The van der Waals surface area contributed by atoms with Crippen molar-refractivity contribution in [3.63, 3.8) is 0 Å². The van der Waals surface area contributed by atoms with Crippen molar-refractivity contribution in [1.29, 1.82) is 0 Å². The summed E-state index contributed by atoms with van der Waals surface area (Å²) in [7, 11) is 3.79. The first-order valence-corrected chi connectivity index (χ1v) is 5.92. The lowest BCUT2D eigenvalue weighted by atomic mass is 10.1. The zero-order valence-corrected chi connectivity index (χ0v) is 11.2. The Bertz CT molecular complexity index is 520. The highest BCUT2D eigenvalue weighted by Crippen LogP contribution is 2.27. The van der Waals surface area contributed by atoms with E-state index in [0.29, 0.717) is 13.0 Å². The zero-order chi connectivity index (χ0) is 15.3. The molecule has 0 bridgehead atoms. The Morgan fingerprint density at radius 1 is 1.50 bits per heavy atom. The molecule has 0 amide bonds. The van der Waals surface area contributed by atoms with Gasteiger partial charge in [-0.2, -0.15) is 0 Å². The van der Waals surface area contributed by atoms with Crippen molar-refractivity contribution >= 4 is 17.3 Å². The van der Waals surface area contributed by atoms with Crippen molar-refractivity contribution in [1.82, 2.24) is 4.90 Å². The SMILES string of the molecule is CN(C)CCCNc1cc(F)c(C(=O)O)cc1[N+](=O)[O-]. The molecule has 1 aromatic carbocycles. The van der Waals surface area contributed by atoms with Gasteiger partial charge in [0.2, 0.25) is 0 Å². The number of nitrogens with zero attached hydrogens (tertiary/aromatic N) is 2. The number of carbonyl (C=O) groups is 1. The molecule has 0 radical (unpaired) electrons. The van der Waals surface area contributed by atoms with E-state index in [0.717, 1.165) is 18.7 Å². The lowest BCUT2D eigenvalue weighted by molar-refractivity contribution is -0.384. The molecular formula is C12H16FN3O4. The summed E-state index contributed by atoms with van der Waals surface area (Å²) < 4.78 is 13.5. The summed E-state index contributed by atoms with van der Waals surface area (Å²) in [5.74, 6) is -2.54. The van der Waals surface area contributed by atoms with E-state index in [1.165, 1.54) is 0 Å². The third kappa shape index (κ3) is 4.16. The average molecular weight is 285 g/mol. The van der Waals surface area contributed by atoms with E-state index in [1.54, 1.807) is 0 Å². The third-order valence-corrected chi connectivity index (χ3v) is 2.61. The molecule has 0 unspecified atom stereocenters. The van der Waals surface area contributed by atoms with Crippen LogP contribution in [-0.2, 0) is 0 Å². The summed E-state index contributed by atoms with van der Waals surface area (Å²) in [5.41, 5.74) is -1.18. The summed E-state index contributed by atoms with van der Waals surface area (Å²) in [5, 5.41) is 22.4. The molecule has 0 aliphatic carbocycles. The second-order valence-electron chi connectivity index (χ2n) is 4.50. The van der Waals surface area contributed by atoms with Crippen molar-refractivity contribution in [2.75, 3.05) is 32.5 Å². The fraction of sp³-hybridized carbons (Fsp3) is 0.417. The van der Waals surface area contributed by atoms with Crippen LogP contribution in [0.15, 0.2) is 12.1 Å². The van der Waals surface area contributed by atoms with E-state index in [9.17, 15) is 19.3 Å². The van der Waals surface area contributed by atoms with Crippen LogP contribution in [0.1, 0.15) is 16.8 Å². The second-order valence-corrected chi connectivity index (χ2v) is 4.50. The predicted molar refractivity (Wildman–Crippen MR) is 71.7 cm³/mol. The fourth-order valence-electron chi connectivity index (χ4n) is 1.64. The van der Waals surface area contributed by atoms with Crippen LogP contribution in [0.4, 0.5) is 15.8 Å². The Labute approximate surface area is 115 Å². The fourth-order valence-corrected chi connectivity index (χ4v) is 1.64. The molecule has 8 heteroatoms. The van der Waals surface area contributed by atoms with Gasteiger partial charge in [0, 0.05) is 18.7 Å². The molecule has 0 heterocycles. The number of nitrogens with one attached hydrogen (secondary N) is 1. The maximum absolute atomic E-state index is 13.5. The minimum absolute atomic E-state index is 0.0174. The van der Waals surface area contributed by atoms with E-state index < -0.39 is 28.0 Å². The zero-order valence-electron chi connectivity index (χ0n) is 11.2. The van der Waals surface area contributed by atoms with Crippen molar-refractivity contribution in [2.24, 2.45) is 0 Å². The van der Waals surface area contributed by atoms with Gasteiger partial charge in [-0.05, 0) is 27.1 Å². The van der Waals surface area contributed by atoms with Crippen molar-refractivity contribution in [3.05, 3.63) is 33.6 Å². The predicted octanol–water partition coefficient (Wildman–Crippen LogP) is 1.80. The van der Waals surface area contributed by atoms with Gasteiger partial charge in [-0.1, -0.05) is 0 Å². The lowest BCUT2D eigenvalue weighted by Crippen LogP contribution is -2.17. The Morgan fingerprint density at radius 2 is 2.15 bits per heavy atom. The first kappa shape index (κ1) is 15.8. The summed E-state index contributed by atoms with van der Waals surface area (Å²) in [4.78, 5) is 22.9. The number of aromatic carboxylic acids is 1. The molecule has 0 saturated heterocycles. The molecule has 0 spiro atoms. The summed E-state index contributed by atoms with van der Waals surface area (Å²) in [6.07, 6.45) is 0.715. The van der Waals surface area contributed by atoms with Crippen LogP contribution < -0.4 is 5.32 Å². The molecular weight excluding hydrogens is 269 g/mol. The smallest absolute Gasteiger partial charge is 0.338 e. The van der Waals surface area contributed by atoms with Crippen LogP contribution in [0.5, 0.6) is 0 Å². The minimum atomic E-state index is -1.54. The van der Waals surface area contributed by atoms with E-state index in [2.05, 4.69) is 5.32 Å². The van der Waals surface area contributed by atoms with Gasteiger partial charge < -0.3 is 15.3 Å². The van der Waals surface area contributed by atoms with Gasteiger partial charge in [0.1, 0.15) is 17.1 Å². The van der Waals surface area contributed by atoms with Crippen molar-refractivity contribution < 1.29 is 19.2 Å². The molecule has 1 aromatic rings. The van der Waals surface area contributed by atoms with Gasteiger partial charge in [-0.3, -0.25) is 10.1 Å². The first-order chi connectivity index (χ1) is 9.32. The maximum atomic E-state index is 13.5. The number of hydrogen-bond acceptors (Lipinski definition) is 5. The van der Waals surface area contributed by atoms with Gasteiger partial charge in [-0.15, -0.1) is 0 Å². The van der Waals surface area contributed by atoms with Gasteiger partial charge >= 0.3 is 5.97 Å². The summed E-state index contributed by atoms with van der Waals surface area (Å²) in [6, 6.07) is 1.57. The topological polar surface area (TPSA) is 95.7 Å². The van der Waals surface area contributed by atoms with E-state index in [1.807, 2.05) is 19.0 Å².